The molecular formula is C18H19NO2. The highest BCUT2D eigenvalue weighted by atomic mass is 16.7. The standard InChI is InChI=1S/C18H19NO2/c1-14-9-11-16(12-10-14)17(13-18(20)19(2)21-3)15-7-5-4-6-8-15/h4-13H,1-3H3/b17-13+. The van der Waals surface area contributed by atoms with Crippen molar-refractivity contribution in [2.45, 2.75) is 6.92 Å². The van der Waals surface area contributed by atoms with Crippen LogP contribution in [0.4, 0.5) is 0 Å². The topological polar surface area (TPSA) is 29.5 Å². The minimum Gasteiger partial charge on any atom is -0.274 e. The summed E-state index contributed by atoms with van der Waals surface area (Å²) in [5.41, 5.74) is 4.07. The van der Waals surface area contributed by atoms with Gasteiger partial charge in [-0.25, -0.2) is 5.06 Å². The van der Waals surface area contributed by atoms with Crippen molar-refractivity contribution >= 4 is 11.5 Å². The molecule has 0 fully saturated rings. The summed E-state index contributed by atoms with van der Waals surface area (Å²) < 4.78 is 0. The molecule has 0 atom stereocenters. The molecule has 0 N–H and O–H groups in total. The van der Waals surface area contributed by atoms with Crippen LogP contribution in [0.3, 0.4) is 0 Å². The Labute approximate surface area is 125 Å². The molecule has 0 aliphatic rings. The molecule has 2 aromatic rings. The predicted molar refractivity (Wildman–Crippen MR) is 84.5 cm³/mol. The van der Waals surface area contributed by atoms with Gasteiger partial charge in [0.05, 0.1) is 7.11 Å². The number of carbonyl (C=O) groups excluding carboxylic acids is 1. The third kappa shape index (κ3) is 3.80. The molecule has 0 bridgehead atoms. The van der Waals surface area contributed by atoms with E-state index in [1.54, 1.807) is 13.1 Å². The van der Waals surface area contributed by atoms with E-state index in [1.165, 1.54) is 17.7 Å². The van der Waals surface area contributed by atoms with Crippen molar-refractivity contribution in [2.75, 3.05) is 14.2 Å². The molecule has 0 unspecified atom stereocenters. The first-order valence-electron chi connectivity index (χ1n) is 6.78. The number of likely N-dealkylation sites (N-methyl/N-ethyl adjacent to an activating group) is 1. The molecule has 1 amide bonds. The molecule has 2 rings (SSSR count). The highest BCUT2D eigenvalue weighted by Gasteiger charge is 2.10. The molecule has 0 aliphatic heterocycles. The molecule has 3 nitrogen and oxygen atoms in total. The van der Waals surface area contributed by atoms with E-state index < -0.39 is 0 Å². The van der Waals surface area contributed by atoms with Gasteiger partial charge in [0.2, 0.25) is 0 Å². The van der Waals surface area contributed by atoms with Crippen LogP contribution in [0.15, 0.2) is 60.7 Å². The zero-order valence-electron chi connectivity index (χ0n) is 12.5. The van der Waals surface area contributed by atoms with Gasteiger partial charge in [0.1, 0.15) is 0 Å². The minimum atomic E-state index is -0.197. The van der Waals surface area contributed by atoms with E-state index in [2.05, 4.69) is 0 Å². The quantitative estimate of drug-likeness (QED) is 0.634. The monoisotopic (exact) mass is 281 g/mol. The van der Waals surface area contributed by atoms with E-state index in [9.17, 15) is 4.79 Å². The molecule has 0 saturated heterocycles. The molecule has 0 heterocycles. The fourth-order valence-electron chi connectivity index (χ4n) is 1.99. The van der Waals surface area contributed by atoms with Gasteiger partial charge in [-0.1, -0.05) is 60.2 Å². The second-order valence-electron chi connectivity index (χ2n) is 4.81. The van der Waals surface area contributed by atoms with Gasteiger partial charge < -0.3 is 0 Å². The van der Waals surface area contributed by atoms with Crippen molar-refractivity contribution in [3.8, 4) is 0 Å². The molecule has 2 aromatic carbocycles. The summed E-state index contributed by atoms with van der Waals surface area (Å²) in [5.74, 6) is -0.197. The van der Waals surface area contributed by atoms with Crippen molar-refractivity contribution in [1.82, 2.24) is 5.06 Å². The Hall–Kier alpha value is -2.39. The lowest BCUT2D eigenvalue weighted by Crippen LogP contribution is -2.23. The van der Waals surface area contributed by atoms with Crippen LogP contribution in [-0.2, 0) is 9.63 Å². The van der Waals surface area contributed by atoms with Crippen LogP contribution in [0.2, 0.25) is 0 Å². The summed E-state index contributed by atoms with van der Waals surface area (Å²) in [4.78, 5) is 17.1. The first-order chi connectivity index (χ1) is 10.1. The van der Waals surface area contributed by atoms with Gasteiger partial charge in [-0.15, -0.1) is 0 Å². The van der Waals surface area contributed by atoms with Gasteiger partial charge in [0, 0.05) is 13.1 Å². The third-order valence-corrected chi connectivity index (χ3v) is 3.30. The zero-order chi connectivity index (χ0) is 15.2. The van der Waals surface area contributed by atoms with E-state index in [0.29, 0.717) is 0 Å². The lowest BCUT2D eigenvalue weighted by Gasteiger charge is -2.13. The van der Waals surface area contributed by atoms with Crippen molar-refractivity contribution in [2.24, 2.45) is 0 Å². The number of benzene rings is 2. The number of hydrogen-bond acceptors (Lipinski definition) is 2. The summed E-state index contributed by atoms with van der Waals surface area (Å²) in [6.45, 7) is 2.04. The molecule has 0 saturated carbocycles. The van der Waals surface area contributed by atoms with Crippen LogP contribution in [0.25, 0.3) is 5.57 Å². The van der Waals surface area contributed by atoms with Crippen LogP contribution >= 0.6 is 0 Å². The van der Waals surface area contributed by atoms with Crippen molar-refractivity contribution < 1.29 is 9.63 Å². The molecule has 0 aromatic heterocycles. The first-order valence-corrected chi connectivity index (χ1v) is 6.78. The van der Waals surface area contributed by atoms with Gasteiger partial charge in [0.25, 0.3) is 5.91 Å². The number of aryl methyl sites for hydroxylation is 1. The maximum atomic E-state index is 12.1. The molecule has 108 valence electrons. The fourth-order valence-corrected chi connectivity index (χ4v) is 1.99. The second kappa shape index (κ2) is 6.86. The first kappa shape index (κ1) is 15.0. The third-order valence-electron chi connectivity index (χ3n) is 3.30. The Kier molecular flexibility index (Phi) is 4.90. The van der Waals surface area contributed by atoms with Crippen molar-refractivity contribution in [3.63, 3.8) is 0 Å². The SMILES string of the molecule is CON(C)C(=O)/C=C(\c1ccccc1)c1ccc(C)cc1. The van der Waals surface area contributed by atoms with Gasteiger partial charge in [-0.3, -0.25) is 9.63 Å². The molecule has 21 heavy (non-hydrogen) atoms. The number of amides is 1. The summed E-state index contributed by atoms with van der Waals surface area (Å²) in [6, 6.07) is 18.0. The average molecular weight is 281 g/mol. The largest absolute Gasteiger partial charge is 0.274 e. The maximum absolute atomic E-state index is 12.1. The summed E-state index contributed by atoms with van der Waals surface area (Å²) in [5, 5.41) is 1.21. The Balaban J connectivity index is 2.47. The van der Waals surface area contributed by atoms with E-state index in [0.717, 1.165) is 16.7 Å². The van der Waals surface area contributed by atoms with Crippen LogP contribution in [0.1, 0.15) is 16.7 Å². The average Bonchev–Trinajstić information content (AvgIpc) is 2.53. The number of rotatable bonds is 4. The number of carbonyl (C=O) groups is 1. The van der Waals surface area contributed by atoms with Crippen molar-refractivity contribution in [3.05, 3.63) is 77.4 Å². The summed E-state index contributed by atoms with van der Waals surface area (Å²) in [6.07, 6.45) is 1.60. The van der Waals surface area contributed by atoms with Crippen LogP contribution < -0.4 is 0 Å². The Morgan fingerprint density at radius 2 is 1.57 bits per heavy atom. The van der Waals surface area contributed by atoms with E-state index >= 15 is 0 Å². The van der Waals surface area contributed by atoms with Crippen molar-refractivity contribution in [1.29, 1.82) is 0 Å². The summed E-state index contributed by atoms with van der Waals surface area (Å²) in [7, 11) is 3.07. The number of hydrogen-bond donors (Lipinski definition) is 0. The minimum absolute atomic E-state index is 0.197. The Bertz CT molecular complexity index is 630. The van der Waals surface area contributed by atoms with Crippen LogP contribution in [0.5, 0.6) is 0 Å². The predicted octanol–water partition coefficient (Wildman–Crippen LogP) is 3.45. The van der Waals surface area contributed by atoms with Crippen LogP contribution in [-0.4, -0.2) is 25.1 Å². The van der Waals surface area contributed by atoms with E-state index in [1.807, 2.05) is 61.5 Å². The highest BCUT2D eigenvalue weighted by Crippen LogP contribution is 2.23. The number of hydroxylamine groups is 2. The van der Waals surface area contributed by atoms with E-state index in [-0.39, 0.29) is 5.91 Å². The Morgan fingerprint density at radius 3 is 2.14 bits per heavy atom. The van der Waals surface area contributed by atoms with Gasteiger partial charge in [-0.2, -0.15) is 0 Å². The second-order valence-corrected chi connectivity index (χ2v) is 4.81. The van der Waals surface area contributed by atoms with E-state index in [4.69, 9.17) is 4.84 Å². The van der Waals surface area contributed by atoms with Crippen LogP contribution in [0, 0.1) is 6.92 Å². The molecular weight excluding hydrogens is 262 g/mol. The lowest BCUT2D eigenvalue weighted by atomic mass is 9.96. The fraction of sp³-hybridized carbons (Fsp3) is 0.167. The lowest BCUT2D eigenvalue weighted by molar-refractivity contribution is -0.162. The number of nitrogens with zero attached hydrogens (tertiary/aromatic N) is 1. The zero-order valence-corrected chi connectivity index (χ0v) is 12.5. The molecule has 0 aliphatic carbocycles. The maximum Gasteiger partial charge on any atom is 0.270 e. The molecule has 0 radical (unpaired) electrons. The van der Waals surface area contributed by atoms with Gasteiger partial charge >= 0.3 is 0 Å². The smallest absolute Gasteiger partial charge is 0.270 e. The van der Waals surface area contributed by atoms with Gasteiger partial charge in [-0.05, 0) is 23.6 Å². The van der Waals surface area contributed by atoms with Gasteiger partial charge in [0.15, 0.2) is 0 Å². The Morgan fingerprint density at radius 1 is 1.00 bits per heavy atom. The normalized spacial score (nSPS) is 11.3. The molecule has 3 heteroatoms. The highest BCUT2D eigenvalue weighted by molar-refractivity contribution is 5.98. The molecule has 0 spiro atoms. The summed E-state index contributed by atoms with van der Waals surface area (Å²) >= 11 is 0.